The van der Waals surface area contributed by atoms with Crippen molar-refractivity contribution in [3.05, 3.63) is 98.6 Å². The van der Waals surface area contributed by atoms with Crippen LogP contribution < -0.4 is 20.1 Å². The van der Waals surface area contributed by atoms with E-state index >= 15 is 0 Å². The molecule has 10 nitrogen and oxygen atoms in total. The molecule has 2 atom stereocenters. The van der Waals surface area contributed by atoms with E-state index in [4.69, 9.17) is 9.47 Å². The highest BCUT2D eigenvalue weighted by molar-refractivity contribution is 9.10. The first-order chi connectivity index (χ1) is 20.0. The zero-order valence-corrected chi connectivity index (χ0v) is 23.5. The molecule has 218 valence electrons. The van der Waals surface area contributed by atoms with Gasteiger partial charge in [0.15, 0.2) is 6.04 Å². The normalized spacial score (nSPS) is 16.2. The molecular weight excluding hydrogens is 623 g/mol. The van der Waals surface area contributed by atoms with Gasteiger partial charge >= 0.3 is 6.18 Å². The fourth-order valence-electron chi connectivity index (χ4n) is 4.57. The smallest absolute Gasteiger partial charge is 0.410 e. The van der Waals surface area contributed by atoms with Gasteiger partial charge in [0.2, 0.25) is 0 Å². The molecule has 1 aliphatic heterocycles. The Labute approximate surface area is 245 Å². The number of nitro benzene ring substituents is 1. The van der Waals surface area contributed by atoms with Gasteiger partial charge in [0, 0.05) is 23.0 Å². The second-order valence-corrected chi connectivity index (χ2v) is 10.2. The molecule has 0 spiro atoms. The number of carbonyl (C=O) groups excluding carboxylic acids is 1. The van der Waals surface area contributed by atoms with E-state index in [1.54, 1.807) is 48.5 Å². The molecule has 1 aliphatic rings. The Hall–Kier alpha value is -4.59. The summed E-state index contributed by atoms with van der Waals surface area (Å²) in [6, 6.07) is 14.3. The molecule has 0 unspecified atom stereocenters. The van der Waals surface area contributed by atoms with Gasteiger partial charge in [-0.05, 0) is 48.9 Å². The number of non-ortho nitro benzene ring substituents is 1. The van der Waals surface area contributed by atoms with Crippen molar-refractivity contribution in [1.82, 2.24) is 9.78 Å². The molecule has 0 bridgehead atoms. The van der Waals surface area contributed by atoms with Gasteiger partial charge in [-0.1, -0.05) is 28.1 Å². The van der Waals surface area contributed by atoms with Crippen molar-refractivity contribution in [2.75, 3.05) is 17.2 Å². The third-order valence-corrected chi connectivity index (χ3v) is 7.01. The van der Waals surface area contributed by atoms with Crippen LogP contribution in [0, 0.1) is 10.1 Å². The van der Waals surface area contributed by atoms with Crippen molar-refractivity contribution in [1.29, 1.82) is 0 Å². The molecule has 0 saturated carbocycles. The summed E-state index contributed by atoms with van der Waals surface area (Å²) in [6.07, 6.45) is -3.93. The summed E-state index contributed by atoms with van der Waals surface area (Å²) in [5, 5.41) is 21.0. The number of hydrogen-bond acceptors (Lipinski definition) is 7. The molecule has 0 aliphatic carbocycles. The van der Waals surface area contributed by atoms with Crippen LogP contribution in [0.3, 0.4) is 0 Å². The van der Waals surface area contributed by atoms with Crippen LogP contribution in [0.25, 0.3) is 0 Å². The Balaban J connectivity index is 1.43. The summed E-state index contributed by atoms with van der Waals surface area (Å²) in [5.41, 5.74) is 0.0756. The molecule has 0 fully saturated rings. The number of ether oxygens (including phenoxy) is 2. The van der Waals surface area contributed by atoms with Crippen molar-refractivity contribution >= 4 is 39.0 Å². The lowest BCUT2D eigenvalue weighted by Crippen LogP contribution is -2.36. The first kappa shape index (κ1) is 28.9. The van der Waals surface area contributed by atoms with Crippen molar-refractivity contribution in [3.63, 3.8) is 0 Å². The molecule has 5 rings (SSSR count). The molecule has 3 aromatic carbocycles. The number of benzene rings is 3. The maximum atomic E-state index is 14.1. The third kappa shape index (κ3) is 6.33. The van der Waals surface area contributed by atoms with Gasteiger partial charge in [0.25, 0.3) is 11.6 Å². The zero-order valence-electron chi connectivity index (χ0n) is 21.9. The maximum absolute atomic E-state index is 14.1. The molecule has 0 saturated heterocycles. The molecular formula is C28H23BrF3N5O5. The quantitative estimate of drug-likeness (QED) is 0.149. The van der Waals surface area contributed by atoms with Gasteiger partial charge in [-0.25, -0.2) is 4.68 Å². The molecule has 4 aromatic rings. The van der Waals surface area contributed by atoms with Gasteiger partial charge in [-0.15, -0.1) is 0 Å². The predicted molar refractivity (Wildman–Crippen MR) is 151 cm³/mol. The van der Waals surface area contributed by atoms with Gasteiger partial charge in [-0.3, -0.25) is 14.9 Å². The summed E-state index contributed by atoms with van der Waals surface area (Å²) in [4.78, 5) is 24.3. The van der Waals surface area contributed by atoms with Crippen molar-refractivity contribution in [2.24, 2.45) is 0 Å². The summed E-state index contributed by atoms with van der Waals surface area (Å²) in [6.45, 7) is 2.32. The molecule has 1 amide bonds. The van der Waals surface area contributed by atoms with Crippen molar-refractivity contribution in [3.8, 4) is 17.2 Å². The number of nitrogens with one attached hydrogen (secondary N) is 2. The van der Waals surface area contributed by atoms with Crippen LogP contribution in [0.4, 0.5) is 30.4 Å². The second kappa shape index (κ2) is 11.7. The molecule has 1 aromatic heterocycles. The Morgan fingerprint density at radius 1 is 1.12 bits per heavy atom. The van der Waals surface area contributed by atoms with Gasteiger partial charge in [-0.2, -0.15) is 18.3 Å². The largest absolute Gasteiger partial charge is 0.494 e. The van der Waals surface area contributed by atoms with Crippen LogP contribution in [-0.4, -0.2) is 33.4 Å². The van der Waals surface area contributed by atoms with Gasteiger partial charge in [0.05, 0.1) is 35.5 Å². The summed E-state index contributed by atoms with van der Waals surface area (Å²) >= 11 is 3.32. The van der Waals surface area contributed by atoms with E-state index in [0.29, 0.717) is 23.7 Å². The minimum atomic E-state index is -4.63. The lowest BCUT2D eigenvalue weighted by molar-refractivity contribution is -0.384. The number of anilines is 2. The number of carbonyl (C=O) groups is 1. The second-order valence-electron chi connectivity index (χ2n) is 9.33. The summed E-state index contributed by atoms with van der Waals surface area (Å²) in [5.74, 6) is 0.110. The number of aromatic nitrogens is 2. The average Bonchev–Trinajstić information content (AvgIpc) is 3.37. The highest BCUT2D eigenvalue weighted by atomic mass is 79.9. The number of alkyl halides is 3. The molecule has 0 radical (unpaired) electrons. The van der Waals surface area contributed by atoms with Crippen molar-refractivity contribution in [2.45, 2.75) is 31.6 Å². The number of fused-ring (bicyclic) bond motifs is 1. The van der Waals surface area contributed by atoms with Gasteiger partial charge in [0.1, 0.15) is 28.6 Å². The van der Waals surface area contributed by atoms with E-state index < -0.39 is 29.1 Å². The fraction of sp³-hybridized carbons (Fsp3) is 0.214. The zero-order chi connectivity index (χ0) is 30.0. The molecule has 2 N–H and O–H groups in total. The Morgan fingerprint density at radius 3 is 2.45 bits per heavy atom. The number of amides is 1. The topological polar surface area (TPSA) is 121 Å². The fourth-order valence-corrected chi connectivity index (χ4v) is 4.83. The van der Waals surface area contributed by atoms with Crippen LogP contribution in [0.15, 0.2) is 77.4 Å². The average molecular weight is 646 g/mol. The first-order valence-electron chi connectivity index (χ1n) is 12.7. The standard InChI is InChI=1S/C28H23BrF3N5O5/c1-2-41-20-7-9-21(10-8-20)42-22-12-18(11-19(13-22)37(39)40)34-27(38)23-15-33-36-25(28(30,31)32)14-24(35-26(23)36)16-3-5-17(29)6-4-16/h3-13,15,24-25,35H,2,14H2,1H3,(H,34,38)/t24-,25-/m1/s1. The molecule has 14 heteroatoms. The highest BCUT2D eigenvalue weighted by Crippen LogP contribution is 2.44. The summed E-state index contributed by atoms with van der Waals surface area (Å²) in [7, 11) is 0. The maximum Gasteiger partial charge on any atom is 0.410 e. The number of nitrogens with zero attached hydrogens (tertiary/aromatic N) is 3. The van der Waals surface area contributed by atoms with Crippen LogP contribution in [0.1, 0.15) is 41.3 Å². The van der Waals surface area contributed by atoms with Crippen LogP contribution in [0.2, 0.25) is 0 Å². The van der Waals surface area contributed by atoms with Crippen molar-refractivity contribution < 1.29 is 32.4 Å². The third-order valence-electron chi connectivity index (χ3n) is 6.49. The van der Waals surface area contributed by atoms with E-state index in [-0.39, 0.29) is 34.9 Å². The number of halogens is 4. The molecule has 42 heavy (non-hydrogen) atoms. The highest BCUT2D eigenvalue weighted by Gasteiger charge is 2.47. The Morgan fingerprint density at radius 2 is 1.81 bits per heavy atom. The Bertz CT molecular complexity index is 1610. The minimum Gasteiger partial charge on any atom is -0.494 e. The predicted octanol–water partition coefficient (Wildman–Crippen LogP) is 7.66. The van der Waals surface area contributed by atoms with E-state index in [2.05, 4.69) is 31.7 Å². The number of rotatable bonds is 8. The van der Waals surface area contributed by atoms with Crippen LogP contribution >= 0.6 is 15.9 Å². The van der Waals surface area contributed by atoms with Crippen LogP contribution in [-0.2, 0) is 0 Å². The van der Waals surface area contributed by atoms with Gasteiger partial charge < -0.3 is 20.1 Å². The SMILES string of the molecule is CCOc1ccc(Oc2cc(NC(=O)c3cnn4c3N[C@@H](c3ccc(Br)cc3)C[C@@H]4C(F)(F)F)cc([N+](=O)[O-])c2)cc1. The van der Waals surface area contributed by atoms with E-state index in [1.807, 2.05) is 6.92 Å². The minimum absolute atomic E-state index is 0.00252. The Kier molecular flexibility index (Phi) is 8.07. The van der Waals surface area contributed by atoms with E-state index in [1.165, 1.54) is 12.1 Å². The lowest BCUT2D eigenvalue weighted by Gasteiger charge is -2.34. The first-order valence-corrected chi connectivity index (χ1v) is 13.5. The van der Waals surface area contributed by atoms with E-state index in [0.717, 1.165) is 21.4 Å². The molecule has 2 heterocycles. The van der Waals surface area contributed by atoms with E-state index in [9.17, 15) is 28.1 Å². The van der Waals surface area contributed by atoms with Crippen LogP contribution in [0.5, 0.6) is 17.2 Å². The monoisotopic (exact) mass is 645 g/mol. The lowest BCUT2D eigenvalue weighted by atomic mass is 9.96. The number of hydrogen-bond donors (Lipinski definition) is 2. The summed E-state index contributed by atoms with van der Waals surface area (Å²) < 4.78 is 54.8. The number of nitro groups is 1.